The molecule has 78 valence electrons. The van der Waals surface area contributed by atoms with E-state index in [0.717, 1.165) is 30.3 Å². The van der Waals surface area contributed by atoms with Gasteiger partial charge in [-0.3, -0.25) is 4.98 Å². The maximum absolute atomic E-state index is 4.46. The highest BCUT2D eigenvalue weighted by Gasteiger charge is 2.03. The molecule has 0 amide bonds. The van der Waals surface area contributed by atoms with Crippen molar-refractivity contribution in [2.24, 2.45) is 0 Å². The van der Waals surface area contributed by atoms with Gasteiger partial charge in [-0.15, -0.1) is 0 Å². The van der Waals surface area contributed by atoms with Crippen LogP contribution in [0, 0.1) is 13.8 Å². The fourth-order valence-electron chi connectivity index (χ4n) is 1.11. The lowest BCUT2D eigenvalue weighted by Crippen LogP contribution is -2.28. The minimum atomic E-state index is 0.934. The highest BCUT2D eigenvalue weighted by molar-refractivity contribution is 5.36. The Morgan fingerprint density at radius 1 is 1.36 bits per heavy atom. The van der Waals surface area contributed by atoms with Gasteiger partial charge in [0.05, 0.1) is 17.6 Å². The molecular formula is C10H18N4. The van der Waals surface area contributed by atoms with Crippen molar-refractivity contribution in [3.63, 3.8) is 0 Å². The molecular weight excluding hydrogens is 176 g/mol. The number of hydrogen-bond acceptors (Lipinski definition) is 4. The number of likely N-dealkylation sites (N-methyl/N-ethyl adjacent to an activating group) is 2. The van der Waals surface area contributed by atoms with Crippen molar-refractivity contribution in [3.8, 4) is 0 Å². The average Bonchev–Trinajstić information content (AvgIpc) is 2.18. The number of nitrogens with one attached hydrogen (secondary N) is 1. The van der Waals surface area contributed by atoms with Gasteiger partial charge in [0.1, 0.15) is 5.82 Å². The standard InChI is InChI=1S/C10H18N4/c1-8-9(2)13-10(7-12-8)14(4)6-5-11-3/h7,11H,5-6H2,1-4H3. The summed E-state index contributed by atoms with van der Waals surface area (Å²) < 4.78 is 0. The third-order valence-corrected chi connectivity index (χ3v) is 2.27. The van der Waals surface area contributed by atoms with Gasteiger partial charge in [-0.05, 0) is 20.9 Å². The van der Waals surface area contributed by atoms with E-state index < -0.39 is 0 Å². The zero-order valence-corrected chi connectivity index (χ0v) is 9.33. The molecule has 0 aliphatic rings. The largest absolute Gasteiger partial charge is 0.357 e. The Hall–Kier alpha value is -1.16. The Morgan fingerprint density at radius 3 is 2.64 bits per heavy atom. The van der Waals surface area contributed by atoms with Crippen LogP contribution < -0.4 is 10.2 Å². The summed E-state index contributed by atoms with van der Waals surface area (Å²) in [5.41, 5.74) is 1.99. The first-order chi connectivity index (χ1) is 6.65. The molecule has 0 spiro atoms. The van der Waals surface area contributed by atoms with E-state index in [0.29, 0.717) is 0 Å². The lowest BCUT2D eigenvalue weighted by atomic mass is 10.3. The first-order valence-electron chi connectivity index (χ1n) is 4.81. The van der Waals surface area contributed by atoms with Crippen LogP contribution in [-0.2, 0) is 0 Å². The first-order valence-corrected chi connectivity index (χ1v) is 4.81. The number of hydrogen-bond donors (Lipinski definition) is 1. The number of aromatic nitrogens is 2. The van der Waals surface area contributed by atoms with Crippen molar-refractivity contribution in [2.75, 3.05) is 32.1 Å². The summed E-state index contributed by atoms with van der Waals surface area (Å²) in [6, 6.07) is 0. The number of rotatable bonds is 4. The zero-order chi connectivity index (χ0) is 10.6. The fourth-order valence-corrected chi connectivity index (χ4v) is 1.11. The van der Waals surface area contributed by atoms with Gasteiger partial charge in [0.2, 0.25) is 0 Å². The molecule has 0 saturated carbocycles. The Labute approximate surface area is 85.4 Å². The summed E-state index contributed by atoms with van der Waals surface area (Å²) in [4.78, 5) is 10.8. The zero-order valence-electron chi connectivity index (χ0n) is 9.33. The maximum Gasteiger partial charge on any atom is 0.147 e. The summed E-state index contributed by atoms with van der Waals surface area (Å²) in [5, 5.41) is 3.10. The van der Waals surface area contributed by atoms with Crippen molar-refractivity contribution in [1.29, 1.82) is 0 Å². The summed E-state index contributed by atoms with van der Waals surface area (Å²) in [5.74, 6) is 0.934. The Bertz CT molecular complexity index is 298. The van der Waals surface area contributed by atoms with Gasteiger partial charge in [0, 0.05) is 20.1 Å². The summed E-state index contributed by atoms with van der Waals surface area (Å²) in [6.45, 7) is 5.84. The van der Waals surface area contributed by atoms with Crippen LogP contribution in [0.2, 0.25) is 0 Å². The quantitative estimate of drug-likeness (QED) is 0.768. The van der Waals surface area contributed by atoms with Crippen molar-refractivity contribution in [2.45, 2.75) is 13.8 Å². The van der Waals surface area contributed by atoms with Crippen LogP contribution in [0.5, 0.6) is 0 Å². The molecule has 1 aromatic rings. The Morgan fingerprint density at radius 2 is 2.07 bits per heavy atom. The van der Waals surface area contributed by atoms with E-state index in [1.165, 1.54) is 0 Å². The van der Waals surface area contributed by atoms with Crippen LogP contribution in [0.4, 0.5) is 5.82 Å². The molecule has 0 fully saturated rings. The first kappa shape index (κ1) is 10.9. The second-order valence-electron chi connectivity index (χ2n) is 3.42. The molecule has 0 radical (unpaired) electrons. The van der Waals surface area contributed by atoms with E-state index in [9.17, 15) is 0 Å². The molecule has 1 rings (SSSR count). The minimum absolute atomic E-state index is 0.934. The van der Waals surface area contributed by atoms with Crippen molar-refractivity contribution in [1.82, 2.24) is 15.3 Å². The number of aryl methyl sites for hydroxylation is 2. The van der Waals surface area contributed by atoms with Gasteiger partial charge in [-0.25, -0.2) is 4.98 Å². The van der Waals surface area contributed by atoms with Crippen LogP contribution in [0.3, 0.4) is 0 Å². The molecule has 0 unspecified atom stereocenters. The van der Waals surface area contributed by atoms with E-state index in [-0.39, 0.29) is 0 Å². The molecule has 0 aliphatic carbocycles. The molecule has 0 aromatic carbocycles. The minimum Gasteiger partial charge on any atom is -0.357 e. The molecule has 0 atom stereocenters. The fraction of sp³-hybridized carbons (Fsp3) is 0.600. The summed E-state index contributed by atoms with van der Waals surface area (Å²) in [7, 11) is 3.97. The number of anilines is 1. The lowest BCUT2D eigenvalue weighted by molar-refractivity contribution is 0.758. The highest BCUT2D eigenvalue weighted by atomic mass is 15.2. The third-order valence-electron chi connectivity index (χ3n) is 2.27. The molecule has 0 aliphatic heterocycles. The topological polar surface area (TPSA) is 41.0 Å². The normalized spacial score (nSPS) is 10.3. The van der Waals surface area contributed by atoms with E-state index in [1.54, 1.807) is 0 Å². The van der Waals surface area contributed by atoms with Crippen molar-refractivity contribution in [3.05, 3.63) is 17.6 Å². The van der Waals surface area contributed by atoms with Gasteiger partial charge < -0.3 is 10.2 Å². The molecule has 0 saturated heterocycles. The molecule has 4 heteroatoms. The van der Waals surface area contributed by atoms with Gasteiger partial charge in [-0.1, -0.05) is 0 Å². The Balaban J connectivity index is 2.70. The monoisotopic (exact) mass is 194 g/mol. The number of nitrogens with zero attached hydrogens (tertiary/aromatic N) is 3. The molecule has 0 bridgehead atoms. The predicted molar refractivity (Wildman–Crippen MR) is 58.7 cm³/mol. The molecule has 1 N–H and O–H groups in total. The van der Waals surface area contributed by atoms with Crippen molar-refractivity contribution >= 4 is 5.82 Å². The second kappa shape index (κ2) is 4.91. The molecule has 14 heavy (non-hydrogen) atoms. The van der Waals surface area contributed by atoms with Crippen LogP contribution in [0.25, 0.3) is 0 Å². The maximum atomic E-state index is 4.46. The van der Waals surface area contributed by atoms with Crippen LogP contribution in [0.1, 0.15) is 11.4 Å². The van der Waals surface area contributed by atoms with Crippen LogP contribution >= 0.6 is 0 Å². The summed E-state index contributed by atoms with van der Waals surface area (Å²) >= 11 is 0. The average molecular weight is 194 g/mol. The van der Waals surface area contributed by atoms with Gasteiger partial charge in [0.15, 0.2) is 0 Å². The second-order valence-corrected chi connectivity index (χ2v) is 3.42. The van der Waals surface area contributed by atoms with E-state index in [2.05, 4.69) is 20.2 Å². The van der Waals surface area contributed by atoms with Gasteiger partial charge >= 0.3 is 0 Å². The van der Waals surface area contributed by atoms with E-state index in [4.69, 9.17) is 0 Å². The van der Waals surface area contributed by atoms with Crippen LogP contribution in [0.15, 0.2) is 6.20 Å². The van der Waals surface area contributed by atoms with E-state index >= 15 is 0 Å². The van der Waals surface area contributed by atoms with E-state index in [1.807, 2.05) is 34.1 Å². The van der Waals surface area contributed by atoms with Crippen molar-refractivity contribution < 1.29 is 0 Å². The van der Waals surface area contributed by atoms with Gasteiger partial charge in [-0.2, -0.15) is 0 Å². The predicted octanol–water partition coefficient (Wildman–Crippen LogP) is 0.749. The highest BCUT2D eigenvalue weighted by Crippen LogP contribution is 2.09. The summed E-state index contributed by atoms with van der Waals surface area (Å²) in [6.07, 6.45) is 1.82. The van der Waals surface area contributed by atoms with Crippen LogP contribution in [-0.4, -0.2) is 37.2 Å². The lowest BCUT2D eigenvalue weighted by Gasteiger charge is -2.18. The smallest absolute Gasteiger partial charge is 0.147 e. The third kappa shape index (κ3) is 2.67. The van der Waals surface area contributed by atoms with Gasteiger partial charge in [0.25, 0.3) is 0 Å². The molecule has 1 heterocycles. The molecule has 4 nitrogen and oxygen atoms in total. The SMILES string of the molecule is CNCCN(C)c1cnc(C)c(C)n1. The molecule has 1 aromatic heterocycles. The Kier molecular flexibility index (Phi) is 3.83.